The van der Waals surface area contributed by atoms with E-state index in [0.717, 1.165) is 21.6 Å². The molecule has 5 nitrogen and oxygen atoms in total. The maximum absolute atomic E-state index is 13.1. The minimum absolute atomic E-state index is 0.226. The number of carbonyl (C=O) groups excluding carboxylic acids is 1. The Labute approximate surface area is 142 Å². The van der Waals surface area contributed by atoms with Gasteiger partial charge in [-0.3, -0.25) is 0 Å². The Morgan fingerprint density at radius 3 is 2.75 bits per heavy atom. The highest BCUT2D eigenvalue weighted by molar-refractivity contribution is 7.20. The number of halogens is 1. The Balaban J connectivity index is 1.87. The van der Waals surface area contributed by atoms with Crippen molar-refractivity contribution in [2.45, 2.75) is 13.8 Å². The average molecular weight is 348 g/mol. The van der Waals surface area contributed by atoms with Crippen molar-refractivity contribution in [3.63, 3.8) is 0 Å². The minimum Gasteiger partial charge on any atom is -0.459 e. The van der Waals surface area contributed by atoms with Crippen LogP contribution in [0.4, 0.5) is 4.39 Å². The van der Waals surface area contributed by atoms with Crippen LogP contribution < -0.4 is 0 Å². The van der Waals surface area contributed by atoms with Crippen molar-refractivity contribution in [3.8, 4) is 5.69 Å². The normalized spacial score (nSPS) is 11.1. The molecule has 3 aromatic rings. The van der Waals surface area contributed by atoms with Gasteiger partial charge in [-0.1, -0.05) is 0 Å². The summed E-state index contributed by atoms with van der Waals surface area (Å²) in [5.41, 5.74) is 1.55. The molecular weight excluding hydrogens is 331 g/mol. The highest BCUT2D eigenvalue weighted by Crippen LogP contribution is 2.30. The van der Waals surface area contributed by atoms with Crippen molar-refractivity contribution in [1.29, 1.82) is 0 Å². The molecule has 0 N–H and O–H groups in total. The molecule has 2 heterocycles. The van der Waals surface area contributed by atoms with E-state index in [0.29, 0.717) is 18.1 Å². The van der Waals surface area contributed by atoms with Crippen molar-refractivity contribution in [3.05, 3.63) is 46.7 Å². The fraction of sp³-hybridized carbons (Fsp3) is 0.294. The molecule has 0 saturated heterocycles. The number of nitrogens with zero attached hydrogens (tertiary/aromatic N) is 2. The predicted octanol–water partition coefficient (Wildman–Crippen LogP) is 3.73. The molecular formula is C17H17FN2O3S. The van der Waals surface area contributed by atoms with Crippen molar-refractivity contribution in [1.82, 2.24) is 9.78 Å². The molecule has 3 rings (SSSR count). The van der Waals surface area contributed by atoms with Crippen LogP contribution in [0.2, 0.25) is 0 Å². The second-order valence-electron chi connectivity index (χ2n) is 5.14. The third-order valence-electron chi connectivity index (χ3n) is 3.48. The summed E-state index contributed by atoms with van der Waals surface area (Å²) in [5, 5.41) is 5.36. The topological polar surface area (TPSA) is 53.4 Å². The Kier molecular flexibility index (Phi) is 4.92. The zero-order chi connectivity index (χ0) is 17.1. The highest BCUT2D eigenvalue weighted by Gasteiger charge is 2.18. The van der Waals surface area contributed by atoms with E-state index in [-0.39, 0.29) is 18.4 Å². The van der Waals surface area contributed by atoms with E-state index >= 15 is 0 Å². The molecule has 0 saturated carbocycles. The number of rotatable bonds is 6. The Morgan fingerprint density at radius 2 is 2.04 bits per heavy atom. The first-order chi connectivity index (χ1) is 11.6. The maximum atomic E-state index is 13.1. The molecule has 7 heteroatoms. The summed E-state index contributed by atoms with van der Waals surface area (Å²) >= 11 is 1.31. The predicted molar refractivity (Wildman–Crippen MR) is 90.4 cm³/mol. The second kappa shape index (κ2) is 7.11. The first kappa shape index (κ1) is 16.6. The van der Waals surface area contributed by atoms with Crippen LogP contribution in [0.3, 0.4) is 0 Å². The van der Waals surface area contributed by atoms with Crippen molar-refractivity contribution in [2.75, 3.05) is 19.8 Å². The van der Waals surface area contributed by atoms with E-state index in [1.54, 1.807) is 22.9 Å². The van der Waals surface area contributed by atoms with Crippen LogP contribution in [0.25, 0.3) is 15.9 Å². The van der Waals surface area contributed by atoms with Crippen molar-refractivity contribution >= 4 is 27.5 Å². The lowest BCUT2D eigenvalue weighted by atomic mass is 10.3. The average Bonchev–Trinajstić information content (AvgIpc) is 3.13. The molecule has 0 bridgehead atoms. The number of benzene rings is 1. The van der Waals surface area contributed by atoms with Gasteiger partial charge in [0.25, 0.3) is 0 Å². The number of aryl methyl sites for hydroxylation is 1. The third kappa shape index (κ3) is 3.32. The first-order valence-corrected chi connectivity index (χ1v) is 8.41. The molecule has 0 unspecified atom stereocenters. The van der Waals surface area contributed by atoms with Gasteiger partial charge in [-0.15, -0.1) is 11.3 Å². The van der Waals surface area contributed by atoms with E-state index in [4.69, 9.17) is 9.47 Å². The monoisotopic (exact) mass is 348 g/mol. The molecule has 0 atom stereocenters. The molecule has 0 aliphatic rings. The van der Waals surface area contributed by atoms with Gasteiger partial charge in [-0.25, -0.2) is 13.9 Å². The summed E-state index contributed by atoms with van der Waals surface area (Å²) in [6, 6.07) is 7.86. The van der Waals surface area contributed by atoms with E-state index < -0.39 is 0 Å². The number of esters is 1. The van der Waals surface area contributed by atoms with Gasteiger partial charge in [0.05, 0.1) is 18.0 Å². The van der Waals surface area contributed by atoms with Gasteiger partial charge >= 0.3 is 5.97 Å². The molecule has 0 amide bonds. The summed E-state index contributed by atoms with van der Waals surface area (Å²) in [4.78, 5) is 13.5. The third-order valence-corrected chi connectivity index (χ3v) is 4.57. The van der Waals surface area contributed by atoms with Gasteiger partial charge in [0.2, 0.25) is 0 Å². The molecule has 0 aliphatic carbocycles. The van der Waals surface area contributed by atoms with Crippen LogP contribution in [0, 0.1) is 12.7 Å². The largest absolute Gasteiger partial charge is 0.459 e. The van der Waals surface area contributed by atoms with Gasteiger partial charge in [-0.2, -0.15) is 5.10 Å². The van der Waals surface area contributed by atoms with Gasteiger partial charge in [0.15, 0.2) is 0 Å². The van der Waals surface area contributed by atoms with E-state index in [1.807, 2.05) is 13.8 Å². The van der Waals surface area contributed by atoms with Gasteiger partial charge in [0.1, 0.15) is 22.1 Å². The number of aromatic nitrogens is 2. The fourth-order valence-corrected chi connectivity index (χ4v) is 3.39. The summed E-state index contributed by atoms with van der Waals surface area (Å²) in [6.07, 6.45) is 0. The summed E-state index contributed by atoms with van der Waals surface area (Å²) < 4.78 is 25.2. The SMILES string of the molecule is CCOCCOC(=O)c1cc2c(C)nn(-c3ccc(F)cc3)c2s1. The molecule has 126 valence electrons. The number of carbonyl (C=O) groups is 1. The molecule has 0 radical (unpaired) electrons. The zero-order valence-corrected chi connectivity index (χ0v) is 14.2. The molecule has 2 aromatic heterocycles. The van der Waals surface area contributed by atoms with Crippen LogP contribution in [0.1, 0.15) is 22.3 Å². The van der Waals surface area contributed by atoms with Gasteiger partial charge in [-0.05, 0) is 44.2 Å². The highest BCUT2D eigenvalue weighted by atomic mass is 32.1. The standard InChI is InChI=1S/C17H17FN2O3S/c1-3-22-8-9-23-17(21)15-10-14-11(2)19-20(16(14)24-15)13-6-4-12(18)5-7-13/h4-7,10H,3,8-9H2,1-2H3. The quantitative estimate of drug-likeness (QED) is 0.503. The smallest absolute Gasteiger partial charge is 0.348 e. The Hall–Kier alpha value is -2.25. The molecule has 0 fully saturated rings. The molecule has 24 heavy (non-hydrogen) atoms. The van der Waals surface area contributed by atoms with E-state index in [2.05, 4.69) is 5.10 Å². The van der Waals surface area contributed by atoms with Gasteiger partial charge < -0.3 is 9.47 Å². The van der Waals surface area contributed by atoms with Crippen molar-refractivity contribution < 1.29 is 18.7 Å². The number of fused-ring (bicyclic) bond motifs is 1. The number of hydrogen-bond donors (Lipinski definition) is 0. The van der Waals surface area contributed by atoms with Crippen LogP contribution in [0.15, 0.2) is 30.3 Å². The lowest BCUT2D eigenvalue weighted by molar-refractivity contribution is 0.0340. The molecule has 1 aromatic carbocycles. The fourth-order valence-electron chi connectivity index (χ4n) is 2.31. The lowest BCUT2D eigenvalue weighted by Crippen LogP contribution is -2.09. The lowest BCUT2D eigenvalue weighted by Gasteiger charge is -2.03. The number of thiophene rings is 1. The number of hydrogen-bond acceptors (Lipinski definition) is 5. The first-order valence-electron chi connectivity index (χ1n) is 7.60. The molecule has 0 aliphatic heterocycles. The second-order valence-corrected chi connectivity index (χ2v) is 6.17. The zero-order valence-electron chi connectivity index (χ0n) is 13.4. The van der Waals surface area contributed by atoms with E-state index in [9.17, 15) is 9.18 Å². The van der Waals surface area contributed by atoms with Crippen molar-refractivity contribution in [2.24, 2.45) is 0 Å². The Morgan fingerprint density at radius 1 is 1.29 bits per heavy atom. The van der Waals surface area contributed by atoms with Crippen LogP contribution in [0.5, 0.6) is 0 Å². The van der Waals surface area contributed by atoms with Crippen LogP contribution >= 0.6 is 11.3 Å². The minimum atomic E-state index is -0.374. The van der Waals surface area contributed by atoms with Crippen LogP contribution in [-0.2, 0) is 9.47 Å². The number of ether oxygens (including phenoxy) is 2. The summed E-state index contributed by atoms with van der Waals surface area (Å²) in [7, 11) is 0. The van der Waals surface area contributed by atoms with Gasteiger partial charge in [0, 0.05) is 12.0 Å². The Bertz CT molecular complexity index is 855. The van der Waals surface area contributed by atoms with Crippen LogP contribution in [-0.4, -0.2) is 35.6 Å². The van der Waals surface area contributed by atoms with E-state index in [1.165, 1.54) is 23.5 Å². The maximum Gasteiger partial charge on any atom is 0.348 e. The summed E-state index contributed by atoms with van der Waals surface area (Å²) in [6.45, 7) is 4.96. The summed E-state index contributed by atoms with van der Waals surface area (Å²) in [5.74, 6) is -0.676. The molecule has 0 spiro atoms.